The number of para-hydroxylation sites is 1. The Bertz CT molecular complexity index is 1000. The molecular formula is C24H28N4O. The number of aromatic amines is 1. The van der Waals surface area contributed by atoms with Gasteiger partial charge < -0.3 is 15.6 Å². The monoisotopic (exact) mass is 388 g/mol. The summed E-state index contributed by atoms with van der Waals surface area (Å²) in [5, 5.41) is 7.62. The summed E-state index contributed by atoms with van der Waals surface area (Å²) < 4.78 is 0. The molecule has 0 saturated carbocycles. The highest BCUT2D eigenvalue weighted by molar-refractivity contribution is 5.94. The molecule has 1 aliphatic carbocycles. The fourth-order valence-corrected chi connectivity index (χ4v) is 3.90. The van der Waals surface area contributed by atoms with Gasteiger partial charge in [-0.1, -0.05) is 29.8 Å². The molecule has 1 aromatic carbocycles. The van der Waals surface area contributed by atoms with E-state index in [1.807, 2.05) is 12.1 Å². The van der Waals surface area contributed by atoms with E-state index in [9.17, 15) is 4.79 Å². The van der Waals surface area contributed by atoms with Crippen LogP contribution in [0.4, 0.5) is 5.82 Å². The summed E-state index contributed by atoms with van der Waals surface area (Å²) in [6.45, 7) is 1.45. The number of pyridine rings is 1. The Balaban J connectivity index is 1.27. The first-order chi connectivity index (χ1) is 14.3. The molecule has 3 N–H and O–H groups in total. The molecular weight excluding hydrogens is 360 g/mol. The van der Waals surface area contributed by atoms with Crippen molar-refractivity contribution in [2.45, 2.75) is 38.5 Å². The van der Waals surface area contributed by atoms with Crippen LogP contribution in [0.15, 0.2) is 60.4 Å². The molecule has 2 heterocycles. The van der Waals surface area contributed by atoms with Crippen molar-refractivity contribution in [2.75, 3.05) is 18.4 Å². The van der Waals surface area contributed by atoms with E-state index in [4.69, 9.17) is 0 Å². The number of hydrogen-bond donors (Lipinski definition) is 3. The minimum Gasteiger partial charge on any atom is -0.370 e. The summed E-state index contributed by atoms with van der Waals surface area (Å²) in [5.74, 6) is 0.691. The average Bonchev–Trinajstić information content (AvgIpc) is 3.18. The van der Waals surface area contributed by atoms with Crippen LogP contribution in [0, 0.1) is 0 Å². The van der Waals surface area contributed by atoms with Crippen LogP contribution in [0.25, 0.3) is 10.9 Å². The molecule has 0 radical (unpaired) electrons. The lowest BCUT2D eigenvalue weighted by Crippen LogP contribution is -2.25. The van der Waals surface area contributed by atoms with Crippen LogP contribution < -0.4 is 10.6 Å². The van der Waals surface area contributed by atoms with Crippen molar-refractivity contribution in [1.29, 1.82) is 0 Å². The van der Waals surface area contributed by atoms with Gasteiger partial charge in [0, 0.05) is 41.9 Å². The summed E-state index contributed by atoms with van der Waals surface area (Å²) in [6, 6.07) is 11.9. The van der Waals surface area contributed by atoms with E-state index in [2.05, 4.69) is 51.1 Å². The number of anilines is 1. The second-order valence-corrected chi connectivity index (χ2v) is 7.58. The third-order valence-corrected chi connectivity index (χ3v) is 5.51. The SMILES string of the molecule is O=C(NCCC1=CCCCC1)c1ccnc(NCCc2c[nH]c3ccccc23)c1. The molecule has 1 aliphatic rings. The number of rotatable bonds is 8. The number of carbonyl (C=O) groups is 1. The second kappa shape index (κ2) is 9.41. The first-order valence-electron chi connectivity index (χ1n) is 10.5. The van der Waals surface area contributed by atoms with E-state index < -0.39 is 0 Å². The zero-order valence-electron chi connectivity index (χ0n) is 16.7. The highest BCUT2D eigenvalue weighted by Gasteiger charge is 2.09. The van der Waals surface area contributed by atoms with Crippen LogP contribution >= 0.6 is 0 Å². The molecule has 0 aliphatic heterocycles. The first-order valence-corrected chi connectivity index (χ1v) is 10.5. The van der Waals surface area contributed by atoms with Crippen molar-refractivity contribution in [1.82, 2.24) is 15.3 Å². The van der Waals surface area contributed by atoms with Gasteiger partial charge in [0.1, 0.15) is 5.82 Å². The predicted octanol–water partition coefficient (Wildman–Crippen LogP) is 4.84. The minimum atomic E-state index is -0.0384. The third-order valence-electron chi connectivity index (χ3n) is 5.51. The van der Waals surface area contributed by atoms with Crippen molar-refractivity contribution < 1.29 is 4.79 Å². The highest BCUT2D eigenvalue weighted by atomic mass is 16.1. The lowest BCUT2D eigenvalue weighted by atomic mass is 9.97. The highest BCUT2D eigenvalue weighted by Crippen LogP contribution is 2.20. The Morgan fingerprint density at radius 1 is 1.10 bits per heavy atom. The van der Waals surface area contributed by atoms with E-state index in [1.165, 1.54) is 42.2 Å². The normalized spacial score (nSPS) is 13.9. The number of H-pyrrole nitrogens is 1. The Labute approximate surface area is 171 Å². The molecule has 1 amide bonds. The quantitative estimate of drug-likeness (QED) is 0.484. The zero-order chi connectivity index (χ0) is 19.9. The summed E-state index contributed by atoms with van der Waals surface area (Å²) in [6.07, 6.45) is 12.8. The van der Waals surface area contributed by atoms with E-state index >= 15 is 0 Å². The van der Waals surface area contributed by atoms with Crippen molar-refractivity contribution in [3.8, 4) is 0 Å². The third kappa shape index (κ3) is 5.05. The maximum Gasteiger partial charge on any atom is 0.251 e. The molecule has 3 aromatic rings. The fourth-order valence-electron chi connectivity index (χ4n) is 3.90. The molecule has 5 nitrogen and oxygen atoms in total. The van der Waals surface area contributed by atoms with Gasteiger partial charge in [-0.15, -0.1) is 0 Å². The van der Waals surface area contributed by atoms with Gasteiger partial charge in [0.15, 0.2) is 0 Å². The van der Waals surface area contributed by atoms with Crippen LogP contribution in [0.5, 0.6) is 0 Å². The van der Waals surface area contributed by atoms with Gasteiger partial charge in [-0.2, -0.15) is 0 Å². The van der Waals surface area contributed by atoms with E-state index in [0.717, 1.165) is 30.7 Å². The Morgan fingerprint density at radius 2 is 2.03 bits per heavy atom. The maximum atomic E-state index is 12.5. The number of aromatic nitrogens is 2. The number of fused-ring (bicyclic) bond motifs is 1. The molecule has 4 rings (SSSR count). The number of benzene rings is 1. The van der Waals surface area contributed by atoms with Crippen molar-refractivity contribution in [2.24, 2.45) is 0 Å². The number of allylic oxidation sites excluding steroid dienone is 1. The van der Waals surface area contributed by atoms with Crippen LogP contribution in [0.1, 0.15) is 48.0 Å². The number of carbonyl (C=O) groups excluding carboxylic acids is 1. The van der Waals surface area contributed by atoms with Gasteiger partial charge in [-0.3, -0.25) is 4.79 Å². The van der Waals surface area contributed by atoms with Gasteiger partial charge in [-0.05, 0) is 62.3 Å². The Morgan fingerprint density at radius 3 is 2.93 bits per heavy atom. The lowest BCUT2D eigenvalue weighted by Gasteiger charge is -2.13. The van der Waals surface area contributed by atoms with Gasteiger partial charge in [0.05, 0.1) is 0 Å². The Hall–Kier alpha value is -3.08. The summed E-state index contributed by atoms with van der Waals surface area (Å²) >= 11 is 0. The van der Waals surface area contributed by atoms with Crippen LogP contribution in [-0.2, 0) is 6.42 Å². The summed E-state index contributed by atoms with van der Waals surface area (Å²) in [4.78, 5) is 20.1. The molecule has 0 unspecified atom stereocenters. The molecule has 0 bridgehead atoms. The Kier molecular flexibility index (Phi) is 6.25. The predicted molar refractivity (Wildman–Crippen MR) is 118 cm³/mol. The van der Waals surface area contributed by atoms with Gasteiger partial charge in [0.2, 0.25) is 0 Å². The van der Waals surface area contributed by atoms with E-state index in [1.54, 1.807) is 12.3 Å². The average molecular weight is 389 g/mol. The number of nitrogens with one attached hydrogen (secondary N) is 3. The van der Waals surface area contributed by atoms with Crippen LogP contribution in [0.3, 0.4) is 0 Å². The molecule has 0 atom stereocenters. The molecule has 29 heavy (non-hydrogen) atoms. The molecule has 2 aromatic heterocycles. The largest absolute Gasteiger partial charge is 0.370 e. The fraction of sp³-hybridized carbons (Fsp3) is 0.333. The molecule has 150 valence electrons. The number of nitrogens with zero attached hydrogens (tertiary/aromatic N) is 1. The number of hydrogen-bond acceptors (Lipinski definition) is 3. The van der Waals surface area contributed by atoms with Crippen molar-refractivity contribution >= 4 is 22.6 Å². The van der Waals surface area contributed by atoms with Gasteiger partial charge >= 0.3 is 0 Å². The van der Waals surface area contributed by atoms with Gasteiger partial charge in [-0.25, -0.2) is 4.98 Å². The van der Waals surface area contributed by atoms with Crippen LogP contribution in [0.2, 0.25) is 0 Å². The zero-order valence-corrected chi connectivity index (χ0v) is 16.7. The van der Waals surface area contributed by atoms with Crippen molar-refractivity contribution in [3.05, 3.63) is 71.6 Å². The smallest absolute Gasteiger partial charge is 0.251 e. The molecule has 0 spiro atoms. The standard InChI is InChI=1S/C24H28N4O/c29-24(27-13-10-18-6-2-1-3-7-18)19-11-14-25-23(16-19)26-15-12-20-17-28-22-9-5-4-8-21(20)22/h4-6,8-9,11,14,16-17,28H,1-3,7,10,12-13,15H2,(H,25,26)(H,27,29). The number of amides is 1. The van der Waals surface area contributed by atoms with E-state index in [0.29, 0.717) is 12.1 Å². The lowest BCUT2D eigenvalue weighted by molar-refractivity contribution is 0.0954. The summed E-state index contributed by atoms with van der Waals surface area (Å²) in [5.41, 5.74) is 4.56. The first kappa shape index (κ1) is 19.2. The molecule has 0 saturated heterocycles. The van der Waals surface area contributed by atoms with Crippen LogP contribution in [-0.4, -0.2) is 29.0 Å². The van der Waals surface area contributed by atoms with E-state index in [-0.39, 0.29) is 5.91 Å². The minimum absolute atomic E-state index is 0.0384. The van der Waals surface area contributed by atoms with Gasteiger partial charge in [0.25, 0.3) is 5.91 Å². The summed E-state index contributed by atoms with van der Waals surface area (Å²) in [7, 11) is 0. The molecule has 5 heteroatoms. The van der Waals surface area contributed by atoms with Crippen molar-refractivity contribution in [3.63, 3.8) is 0 Å². The second-order valence-electron chi connectivity index (χ2n) is 7.58. The molecule has 0 fully saturated rings. The maximum absolute atomic E-state index is 12.5. The topological polar surface area (TPSA) is 69.8 Å².